The summed E-state index contributed by atoms with van der Waals surface area (Å²) in [7, 11) is 0. The number of nitrogens with zero attached hydrogens (tertiary/aromatic N) is 5. The number of benzene rings is 2. The Morgan fingerprint density at radius 3 is 2.57 bits per heavy atom. The van der Waals surface area contributed by atoms with Gasteiger partial charge >= 0.3 is 0 Å². The molecule has 10 nitrogen and oxygen atoms in total. The Morgan fingerprint density at radius 2 is 1.86 bits per heavy atom. The number of anilines is 1. The third-order valence-corrected chi connectivity index (χ3v) is 5.25. The van der Waals surface area contributed by atoms with Gasteiger partial charge in [0.2, 0.25) is 5.91 Å². The zero-order chi connectivity index (χ0) is 24.4. The van der Waals surface area contributed by atoms with Gasteiger partial charge in [0.25, 0.3) is 11.6 Å². The van der Waals surface area contributed by atoms with Gasteiger partial charge in [-0.3, -0.25) is 9.59 Å². The van der Waals surface area contributed by atoms with Crippen molar-refractivity contribution in [1.29, 1.82) is 0 Å². The molecular formula is C24H18FN7O3. The summed E-state index contributed by atoms with van der Waals surface area (Å²) in [5.41, 5.74) is 3.27. The van der Waals surface area contributed by atoms with Crippen molar-refractivity contribution in [2.75, 3.05) is 11.9 Å². The van der Waals surface area contributed by atoms with Crippen molar-refractivity contribution in [3.63, 3.8) is 0 Å². The van der Waals surface area contributed by atoms with E-state index in [9.17, 15) is 14.0 Å². The third-order valence-electron chi connectivity index (χ3n) is 5.25. The van der Waals surface area contributed by atoms with Crippen LogP contribution in [0.4, 0.5) is 10.1 Å². The fourth-order valence-corrected chi connectivity index (χ4v) is 3.54. The first-order valence-electron chi connectivity index (χ1n) is 10.5. The molecule has 5 aromatic rings. The maximum atomic E-state index is 13.3. The summed E-state index contributed by atoms with van der Waals surface area (Å²) in [4.78, 5) is 33.7. The van der Waals surface area contributed by atoms with Crippen molar-refractivity contribution in [2.24, 2.45) is 0 Å². The smallest absolute Gasteiger partial charge is 0.259 e. The van der Waals surface area contributed by atoms with Crippen LogP contribution in [-0.2, 0) is 4.79 Å². The highest BCUT2D eigenvalue weighted by Gasteiger charge is 2.20. The Hall–Kier alpha value is -4.93. The lowest BCUT2D eigenvalue weighted by Gasteiger charge is -2.09. The quantitative estimate of drug-likeness (QED) is 0.389. The Balaban J connectivity index is 1.30. The van der Waals surface area contributed by atoms with Crippen LogP contribution in [0.2, 0.25) is 0 Å². The van der Waals surface area contributed by atoms with Crippen LogP contribution in [0.15, 0.2) is 71.8 Å². The van der Waals surface area contributed by atoms with Crippen LogP contribution in [0.25, 0.3) is 28.0 Å². The number of nitrogens with one attached hydrogen (secondary N) is 2. The van der Waals surface area contributed by atoms with Crippen LogP contribution in [0.1, 0.15) is 16.1 Å². The molecule has 0 saturated carbocycles. The van der Waals surface area contributed by atoms with Crippen LogP contribution >= 0.6 is 0 Å². The van der Waals surface area contributed by atoms with Crippen LogP contribution in [0.5, 0.6) is 0 Å². The van der Waals surface area contributed by atoms with Gasteiger partial charge in [0, 0.05) is 11.3 Å². The molecule has 3 heterocycles. The summed E-state index contributed by atoms with van der Waals surface area (Å²) >= 11 is 0. The molecule has 0 radical (unpaired) electrons. The molecule has 0 fully saturated rings. The average molecular weight is 471 g/mol. The summed E-state index contributed by atoms with van der Waals surface area (Å²) < 4.78 is 20.2. The molecule has 35 heavy (non-hydrogen) atoms. The first-order valence-corrected chi connectivity index (χ1v) is 10.5. The van der Waals surface area contributed by atoms with Crippen LogP contribution in [0.3, 0.4) is 0 Å². The van der Waals surface area contributed by atoms with E-state index in [-0.39, 0.29) is 23.6 Å². The van der Waals surface area contributed by atoms with Crippen molar-refractivity contribution in [3.8, 4) is 16.9 Å². The Morgan fingerprint density at radius 1 is 1.09 bits per heavy atom. The summed E-state index contributed by atoms with van der Waals surface area (Å²) in [6.45, 7) is 1.43. The maximum Gasteiger partial charge on any atom is 0.259 e. The van der Waals surface area contributed by atoms with Crippen molar-refractivity contribution in [1.82, 2.24) is 30.2 Å². The Kier molecular flexibility index (Phi) is 5.71. The summed E-state index contributed by atoms with van der Waals surface area (Å²) in [6, 6.07) is 14.3. The Labute approximate surface area is 197 Å². The molecule has 0 aliphatic rings. The monoisotopic (exact) mass is 471 g/mol. The predicted molar refractivity (Wildman–Crippen MR) is 124 cm³/mol. The molecule has 0 saturated heterocycles. The zero-order valence-corrected chi connectivity index (χ0v) is 18.4. The second-order valence-corrected chi connectivity index (χ2v) is 7.63. The minimum absolute atomic E-state index is 0.173. The number of pyridine rings is 1. The van der Waals surface area contributed by atoms with E-state index < -0.39 is 11.8 Å². The molecule has 3 aromatic heterocycles. The van der Waals surface area contributed by atoms with E-state index in [0.717, 1.165) is 5.69 Å². The van der Waals surface area contributed by atoms with Crippen LogP contribution in [-0.4, -0.2) is 43.3 Å². The lowest BCUT2D eigenvalue weighted by Crippen LogP contribution is -2.33. The number of rotatable bonds is 6. The molecule has 5 rings (SSSR count). The SMILES string of the molecule is Cc1noc2nc(-c3ccc(F)cc3)cc(C(=O)NCC(=O)Nc3ccc(-n4cncn4)cc3)c12. The number of carbonyl (C=O) groups excluding carboxylic acids is 2. The molecule has 0 spiro atoms. The van der Waals surface area contributed by atoms with E-state index >= 15 is 0 Å². The largest absolute Gasteiger partial charge is 0.343 e. The van der Waals surface area contributed by atoms with Gasteiger partial charge in [-0.15, -0.1) is 0 Å². The van der Waals surface area contributed by atoms with Crippen molar-refractivity contribution >= 4 is 28.6 Å². The van der Waals surface area contributed by atoms with E-state index in [1.54, 1.807) is 60.4 Å². The molecule has 0 aliphatic carbocycles. The van der Waals surface area contributed by atoms with Crippen molar-refractivity contribution in [2.45, 2.75) is 6.92 Å². The lowest BCUT2D eigenvalue weighted by molar-refractivity contribution is -0.115. The first kappa shape index (κ1) is 21.9. The van der Waals surface area contributed by atoms with Gasteiger partial charge in [-0.05, 0) is 61.5 Å². The molecule has 174 valence electrons. The third kappa shape index (κ3) is 4.60. The lowest BCUT2D eigenvalue weighted by atomic mass is 10.1. The van der Waals surface area contributed by atoms with E-state index in [1.165, 1.54) is 18.5 Å². The van der Waals surface area contributed by atoms with Gasteiger partial charge in [-0.2, -0.15) is 5.10 Å². The number of amides is 2. The molecule has 0 aliphatic heterocycles. The second-order valence-electron chi connectivity index (χ2n) is 7.63. The van der Waals surface area contributed by atoms with E-state index in [2.05, 4.69) is 30.9 Å². The first-order chi connectivity index (χ1) is 17.0. The minimum Gasteiger partial charge on any atom is -0.343 e. The van der Waals surface area contributed by atoms with E-state index in [4.69, 9.17) is 4.52 Å². The molecule has 2 amide bonds. The zero-order valence-electron chi connectivity index (χ0n) is 18.4. The number of hydrogen-bond donors (Lipinski definition) is 2. The standard InChI is InChI=1S/C24H18FN7O3/c1-14-22-19(10-20(30-24(22)35-31-14)15-2-4-16(25)5-3-15)23(34)27-11-21(33)29-17-6-8-18(9-7-17)32-13-26-12-28-32/h2-10,12-13H,11H2,1H3,(H,27,34)(H,29,33). The van der Waals surface area contributed by atoms with E-state index in [0.29, 0.717) is 28.0 Å². The van der Waals surface area contributed by atoms with Gasteiger partial charge in [-0.25, -0.2) is 19.0 Å². The molecule has 0 unspecified atom stereocenters. The van der Waals surface area contributed by atoms with Crippen molar-refractivity contribution in [3.05, 3.63) is 84.3 Å². The Bertz CT molecular complexity index is 1510. The molecule has 0 bridgehead atoms. The molecule has 2 aromatic carbocycles. The molecule has 0 atom stereocenters. The number of fused-ring (bicyclic) bond motifs is 1. The second kappa shape index (κ2) is 9.14. The minimum atomic E-state index is -0.497. The highest BCUT2D eigenvalue weighted by Crippen LogP contribution is 2.27. The molecular weight excluding hydrogens is 453 g/mol. The number of carbonyl (C=O) groups is 2. The normalized spacial score (nSPS) is 10.9. The average Bonchev–Trinajstić information content (AvgIpc) is 3.53. The van der Waals surface area contributed by atoms with Crippen molar-refractivity contribution < 1.29 is 18.5 Å². The number of aryl methyl sites for hydroxylation is 1. The highest BCUT2D eigenvalue weighted by molar-refractivity contribution is 6.08. The topological polar surface area (TPSA) is 128 Å². The highest BCUT2D eigenvalue weighted by atomic mass is 19.1. The molecule has 11 heteroatoms. The summed E-state index contributed by atoms with van der Waals surface area (Å²) in [5.74, 6) is -1.29. The van der Waals surface area contributed by atoms with Gasteiger partial charge in [0.15, 0.2) is 0 Å². The summed E-state index contributed by atoms with van der Waals surface area (Å²) in [6.07, 6.45) is 3.00. The summed E-state index contributed by atoms with van der Waals surface area (Å²) in [5, 5.41) is 13.7. The van der Waals surface area contributed by atoms with Gasteiger partial charge in [0.1, 0.15) is 18.5 Å². The number of halogens is 1. The predicted octanol–water partition coefficient (Wildman–Crippen LogP) is 3.29. The van der Waals surface area contributed by atoms with Gasteiger partial charge < -0.3 is 15.2 Å². The van der Waals surface area contributed by atoms with Crippen LogP contribution < -0.4 is 10.6 Å². The number of hydrogen-bond acceptors (Lipinski definition) is 7. The van der Waals surface area contributed by atoms with Crippen LogP contribution in [0, 0.1) is 12.7 Å². The number of aromatic nitrogens is 5. The maximum absolute atomic E-state index is 13.3. The van der Waals surface area contributed by atoms with Gasteiger partial charge in [-0.1, -0.05) is 5.16 Å². The fourth-order valence-electron chi connectivity index (χ4n) is 3.54. The molecule has 2 N–H and O–H groups in total. The fraction of sp³-hybridized carbons (Fsp3) is 0.0833. The van der Waals surface area contributed by atoms with E-state index in [1.807, 2.05) is 0 Å². The van der Waals surface area contributed by atoms with Gasteiger partial charge in [0.05, 0.1) is 34.6 Å².